The van der Waals surface area contributed by atoms with Gasteiger partial charge >= 0.3 is 0 Å². The molecule has 2 amide bonds. The molecule has 1 atom stereocenters. The topological polar surface area (TPSA) is 94.5 Å². The molecule has 0 fully saturated rings. The summed E-state index contributed by atoms with van der Waals surface area (Å²) >= 11 is 0. The first-order chi connectivity index (χ1) is 19.2. The van der Waals surface area contributed by atoms with E-state index in [1.807, 2.05) is 36.7 Å². The molecule has 1 unspecified atom stereocenters. The summed E-state index contributed by atoms with van der Waals surface area (Å²) in [4.78, 5) is 26.3. The lowest BCUT2D eigenvalue weighted by atomic mass is 10.0. The molecule has 1 heterocycles. The quantitative estimate of drug-likeness (QED) is 0.244. The first kappa shape index (κ1) is 30.7. The first-order valence-corrected chi connectivity index (χ1v) is 13.8. The number of anilines is 1. The fourth-order valence-corrected chi connectivity index (χ4v) is 4.75. The Morgan fingerprint density at radius 1 is 1.00 bits per heavy atom. The molecule has 2 aromatic carbocycles. The number of carbonyl (C=O) groups excluding carboxylic acids is 2. The zero-order chi connectivity index (χ0) is 29.2. The van der Waals surface area contributed by atoms with Crippen LogP contribution in [-0.4, -0.2) is 41.9 Å². The molecule has 2 N–H and O–H groups in total. The van der Waals surface area contributed by atoms with Crippen molar-refractivity contribution in [2.24, 2.45) is 11.8 Å². The number of hydrogen-bond donors (Lipinski definition) is 2. The van der Waals surface area contributed by atoms with E-state index in [4.69, 9.17) is 14.6 Å². The minimum Gasteiger partial charge on any atom is -0.496 e. The van der Waals surface area contributed by atoms with Crippen molar-refractivity contribution >= 4 is 17.5 Å². The number of ether oxygens (including phenoxy) is 2. The SMILES string of the molecule is CCC(CC)Cn1nc(C(=O)NC(CC(=O)Nc2ccc(F)cc2)CC(C)C)cc1-c1c(OC)cccc1OC. The molecule has 0 saturated carbocycles. The van der Waals surface area contributed by atoms with Crippen LogP contribution in [0.15, 0.2) is 48.5 Å². The van der Waals surface area contributed by atoms with Crippen LogP contribution in [0.2, 0.25) is 0 Å². The third kappa shape index (κ3) is 8.07. The smallest absolute Gasteiger partial charge is 0.272 e. The van der Waals surface area contributed by atoms with Gasteiger partial charge in [0, 0.05) is 24.7 Å². The summed E-state index contributed by atoms with van der Waals surface area (Å²) in [6.07, 6.45) is 2.62. The van der Waals surface area contributed by atoms with Crippen LogP contribution in [0.25, 0.3) is 11.3 Å². The molecule has 216 valence electrons. The maximum absolute atomic E-state index is 13.5. The Morgan fingerprint density at radius 2 is 1.62 bits per heavy atom. The van der Waals surface area contributed by atoms with Crippen molar-refractivity contribution in [1.82, 2.24) is 15.1 Å². The Labute approximate surface area is 236 Å². The largest absolute Gasteiger partial charge is 0.496 e. The number of methoxy groups -OCH3 is 2. The number of benzene rings is 2. The molecular weight excluding hydrogens is 511 g/mol. The van der Waals surface area contributed by atoms with Gasteiger partial charge < -0.3 is 20.1 Å². The van der Waals surface area contributed by atoms with Gasteiger partial charge in [-0.3, -0.25) is 14.3 Å². The summed E-state index contributed by atoms with van der Waals surface area (Å²) in [5, 5.41) is 10.5. The minimum absolute atomic E-state index is 0.0724. The molecule has 3 rings (SSSR count). The van der Waals surface area contributed by atoms with Gasteiger partial charge in [-0.2, -0.15) is 5.10 Å². The van der Waals surface area contributed by atoms with Crippen LogP contribution < -0.4 is 20.1 Å². The van der Waals surface area contributed by atoms with E-state index in [0.29, 0.717) is 36.1 Å². The zero-order valence-electron chi connectivity index (χ0n) is 24.3. The van der Waals surface area contributed by atoms with Gasteiger partial charge in [-0.05, 0) is 60.7 Å². The van der Waals surface area contributed by atoms with E-state index in [1.165, 1.54) is 24.3 Å². The monoisotopic (exact) mass is 552 g/mol. The van der Waals surface area contributed by atoms with Crippen LogP contribution in [0.1, 0.15) is 63.9 Å². The van der Waals surface area contributed by atoms with Gasteiger partial charge in [-0.15, -0.1) is 0 Å². The summed E-state index contributed by atoms with van der Waals surface area (Å²) in [5.74, 6) is 0.842. The molecule has 40 heavy (non-hydrogen) atoms. The summed E-state index contributed by atoms with van der Waals surface area (Å²) in [6.45, 7) is 8.98. The van der Waals surface area contributed by atoms with Crippen LogP contribution in [0.5, 0.6) is 11.5 Å². The summed E-state index contributed by atoms with van der Waals surface area (Å²) in [6, 6.07) is 12.5. The van der Waals surface area contributed by atoms with Crippen molar-refractivity contribution in [2.45, 2.75) is 66.0 Å². The molecule has 0 radical (unpaired) electrons. The Kier molecular flexibility index (Phi) is 11.1. The van der Waals surface area contributed by atoms with E-state index >= 15 is 0 Å². The number of nitrogens with zero attached hydrogens (tertiary/aromatic N) is 2. The second-order valence-corrected chi connectivity index (χ2v) is 10.4. The molecule has 0 aliphatic rings. The lowest BCUT2D eigenvalue weighted by Crippen LogP contribution is -2.38. The van der Waals surface area contributed by atoms with Gasteiger partial charge in [0.05, 0.1) is 25.5 Å². The van der Waals surface area contributed by atoms with Crippen molar-refractivity contribution in [2.75, 3.05) is 19.5 Å². The number of amides is 2. The van der Waals surface area contributed by atoms with Gasteiger partial charge in [0.2, 0.25) is 5.91 Å². The molecule has 9 heteroatoms. The molecule has 1 aromatic heterocycles. The van der Waals surface area contributed by atoms with Crippen molar-refractivity contribution in [3.8, 4) is 22.8 Å². The molecule has 0 aliphatic carbocycles. The Balaban J connectivity index is 1.90. The molecule has 3 aromatic rings. The average molecular weight is 553 g/mol. The van der Waals surface area contributed by atoms with Crippen LogP contribution in [0.4, 0.5) is 10.1 Å². The molecule has 8 nitrogen and oxygen atoms in total. The maximum Gasteiger partial charge on any atom is 0.272 e. The summed E-state index contributed by atoms with van der Waals surface area (Å²) in [5.41, 5.74) is 2.20. The van der Waals surface area contributed by atoms with E-state index < -0.39 is 6.04 Å². The molecule has 0 bridgehead atoms. The number of aromatic nitrogens is 2. The van der Waals surface area contributed by atoms with E-state index in [-0.39, 0.29) is 35.7 Å². The van der Waals surface area contributed by atoms with Gasteiger partial charge in [0.25, 0.3) is 5.91 Å². The molecular formula is C31H41FN4O4. The highest BCUT2D eigenvalue weighted by atomic mass is 19.1. The van der Waals surface area contributed by atoms with E-state index in [2.05, 4.69) is 24.5 Å². The van der Waals surface area contributed by atoms with Crippen molar-refractivity contribution in [3.05, 3.63) is 60.0 Å². The standard InChI is InChI=1S/C31H41FN4O4/c1-7-21(8-2)19-36-26(30-27(39-5)10-9-11-28(30)40-6)18-25(35-36)31(38)34-24(16-20(3)4)17-29(37)33-23-14-12-22(32)13-15-23/h9-15,18,20-21,24H,7-8,16-17,19H2,1-6H3,(H,33,37)(H,34,38). The van der Waals surface area contributed by atoms with Gasteiger partial charge in [-0.25, -0.2) is 4.39 Å². The second kappa shape index (κ2) is 14.5. The average Bonchev–Trinajstić information content (AvgIpc) is 3.35. The lowest BCUT2D eigenvalue weighted by molar-refractivity contribution is -0.116. The second-order valence-electron chi connectivity index (χ2n) is 10.4. The lowest BCUT2D eigenvalue weighted by Gasteiger charge is -2.20. The Bertz CT molecular complexity index is 1250. The van der Waals surface area contributed by atoms with Gasteiger partial charge in [0.15, 0.2) is 5.69 Å². The normalized spacial score (nSPS) is 11.9. The number of carbonyl (C=O) groups is 2. The predicted octanol–water partition coefficient (Wildman–Crippen LogP) is 6.32. The van der Waals surface area contributed by atoms with Crippen molar-refractivity contribution in [1.29, 1.82) is 0 Å². The zero-order valence-corrected chi connectivity index (χ0v) is 24.3. The van der Waals surface area contributed by atoms with Crippen LogP contribution >= 0.6 is 0 Å². The number of hydrogen-bond acceptors (Lipinski definition) is 5. The number of rotatable bonds is 14. The molecule has 0 aliphatic heterocycles. The maximum atomic E-state index is 13.5. The fourth-order valence-electron chi connectivity index (χ4n) is 4.75. The highest BCUT2D eigenvalue weighted by Crippen LogP contribution is 2.39. The fraction of sp³-hybridized carbons (Fsp3) is 0.452. The Morgan fingerprint density at radius 3 is 2.17 bits per heavy atom. The number of halogens is 1. The van der Waals surface area contributed by atoms with Gasteiger partial charge in [-0.1, -0.05) is 46.6 Å². The van der Waals surface area contributed by atoms with E-state index in [9.17, 15) is 14.0 Å². The molecule has 0 saturated heterocycles. The predicted molar refractivity (Wildman–Crippen MR) is 155 cm³/mol. The third-order valence-electron chi connectivity index (χ3n) is 6.93. The van der Waals surface area contributed by atoms with E-state index in [1.54, 1.807) is 20.3 Å². The number of nitrogens with one attached hydrogen (secondary N) is 2. The minimum atomic E-state index is -0.415. The van der Waals surface area contributed by atoms with E-state index in [0.717, 1.165) is 24.1 Å². The Hall–Kier alpha value is -3.88. The van der Waals surface area contributed by atoms with Gasteiger partial charge in [0.1, 0.15) is 17.3 Å². The van der Waals surface area contributed by atoms with Crippen molar-refractivity contribution < 1.29 is 23.5 Å². The summed E-state index contributed by atoms with van der Waals surface area (Å²) in [7, 11) is 3.20. The summed E-state index contributed by atoms with van der Waals surface area (Å²) < 4.78 is 26.4. The van der Waals surface area contributed by atoms with Crippen LogP contribution in [-0.2, 0) is 11.3 Å². The van der Waals surface area contributed by atoms with Crippen molar-refractivity contribution in [3.63, 3.8) is 0 Å². The molecule has 0 spiro atoms. The van der Waals surface area contributed by atoms with Crippen LogP contribution in [0, 0.1) is 17.7 Å². The first-order valence-electron chi connectivity index (χ1n) is 13.8. The highest BCUT2D eigenvalue weighted by molar-refractivity contribution is 5.95. The third-order valence-corrected chi connectivity index (χ3v) is 6.93. The highest BCUT2D eigenvalue weighted by Gasteiger charge is 2.25. The van der Waals surface area contributed by atoms with Crippen LogP contribution in [0.3, 0.4) is 0 Å².